The van der Waals surface area contributed by atoms with E-state index in [9.17, 15) is 18.0 Å². The van der Waals surface area contributed by atoms with Crippen LogP contribution in [0.15, 0.2) is 77.7 Å². The topological polar surface area (TPSA) is 86.8 Å². The van der Waals surface area contributed by atoms with Crippen LogP contribution in [0.3, 0.4) is 0 Å². The zero-order valence-corrected chi connectivity index (χ0v) is 24.6. The van der Waals surface area contributed by atoms with Crippen LogP contribution in [0.25, 0.3) is 0 Å². The Kier molecular flexibility index (Phi) is 10.2. The number of halogens is 1. The molecule has 2 amide bonds. The van der Waals surface area contributed by atoms with Gasteiger partial charge >= 0.3 is 0 Å². The van der Waals surface area contributed by atoms with Gasteiger partial charge in [0.15, 0.2) is 0 Å². The van der Waals surface area contributed by atoms with Crippen molar-refractivity contribution < 1.29 is 18.0 Å². The van der Waals surface area contributed by atoms with Crippen LogP contribution in [-0.2, 0) is 26.2 Å². The first-order valence-electron chi connectivity index (χ1n) is 12.9. The Morgan fingerprint density at radius 3 is 2.15 bits per heavy atom. The van der Waals surface area contributed by atoms with Gasteiger partial charge in [0, 0.05) is 17.6 Å². The van der Waals surface area contributed by atoms with Crippen molar-refractivity contribution in [3.8, 4) is 0 Å². The molecule has 0 saturated heterocycles. The molecule has 208 valence electrons. The number of carbonyl (C=O) groups is 2. The summed E-state index contributed by atoms with van der Waals surface area (Å²) in [6.07, 6.45) is 0.741. The Bertz CT molecular complexity index is 1400. The molecule has 2 atom stereocenters. The van der Waals surface area contributed by atoms with E-state index in [1.807, 2.05) is 64.1 Å². The minimum atomic E-state index is -4.14. The number of hydrogen-bond donors (Lipinski definition) is 1. The highest BCUT2D eigenvalue weighted by Gasteiger charge is 2.33. The summed E-state index contributed by atoms with van der Waals surface area (Å²) < 4.78 is 28.9. The van der Waals surface area contributed by atoms with Gasteiger partial charge in [-0.15, -0.1) is 0 Å². The average Bonchev–Trinajstić information content (AvgIpc) is 2.92. The van der Waals surface area contributed by atoms with Crippen molar-refractivity contribution in [1.29, 1.82) is 0 Å². The summed E-state index contributed by atoms with van der Waals surface area (Å²) in [5.74, 6) is -0.798. The zero-order valence-electron chi connectivity index (χ0n) is 23.0. The fraction of sp³-hybridized carbons (Fsp3) is 0.333. The van der Waals surface area contributed by atoms with Crippen molar-refractivity contribution in [1.82, 2.24) is 10.2 Å². The number of aryl methyl sites for hydroxylation is 2. The molecule has 0 radical (unpaired) electrons. The van der Waals surface area contributed by atoms with Gasteiger partial charge in [-0.1, -0.05) is 54.9 Å². The first kappa shape index (κ1) is 30.2. The van der Waals surface area contributed by atoms with Crippen LogP contribution in [-0.4, -0.2) is 43.8 Å². The molecule has 7 nitrogen and oxygen atoms in total. The molecule has 0 aliphatic heterocycles. The first-order chi connectivity index (χ1) is 18.4. The standard InChI is InChI=1S/C30H36ClN3O4S/c1-6-23(4)32-30(36)24(5)33(19-25-10-8-7-9-11-25)29(35)20-34(27-15-12-21(2)22(3)18-27)39(37,38)28-16-13-26(31)14-17-28/h7-18,23-24H,6,19-20H2,1-5H3,(H,32,36). The lowest BCUT2D eigenvalue weighted by Crippen LogP contribution is -2.52. The van der Waals surface area contributed by atoms with Crippen molar-refractivity contribution >= 4 is 39.1 Å². The predicted octanol–water partition coefficient (Wildman–Crippen LogP) is 5.48. The summed E-state index contributed by atoms with van der Waals surface area (Å²) in [7, 11) is -4.14. The minimum absolute atomic E-state index is 0.00935. The number of nitrogens with one attached hydrogen (secondary N) is 1. The van der Waals surface area contributed by atoms with Gasteiger partial charge in [-0.3, -0.25) is 13.9 Å². The summed E-state index contributed by atoms with van der Waals surface area (Å²) >= 11 is 6.00. The summed E-state index contributed by atoms with van der Waals surface area (Å²) in [5.41, 5.74) is 3.07. The van der Waals surface area contributed by atoms with Gasteiger partial charge in [0.25, 0.3) is 10.0 Å². The molecule has 2 unspecified atom stereocenters. The first-order valence-corrected chi connectivity index (χ1v) is 14.7. The molecule has 39 heavy (non-hydrogen) atoms. The Hall–Kier alpha value is -3.36. The summed E-state index contributed by atoms with van der Waals surface area (Å²) in [6, 6.07) is 19.5. The van der Waals surface area contributed by atoms with Crippen molar-refractivity contribution in [3.63, 3.8) is 0 Å². The highest BCUT2D eigenvalue weighted by atomic mass is 35.5. The van der Waals surface area contributed by atoms with Gasteiger partial charge in [-0.2, -0.15) is 0 Å². The minimum Gasteiger partial charge on any atom is -0.352 e. The van der Waals surface area contributed by atoms with Crippen LogP contribution in [0.2, 0.25) is 5.02 Å². The zero-order chi connectivity index (χ0) is 28.7. The predicted molar refractivity (Wildman–Crippen MR) is 156 cm³/mol. The van der Waals surface area contributed by atoms with Crippen molar-refractivity contribution in [2.24, 2.45) is 0 Å². The van der Waals surface area contributed by atoms with Crippen molar-refractivity contribution in [2.75, 3.05) is 10.8 Å². The number of amides is 2. The van der Waals surface area contributed by atoms with Crippen LogP contribution in [0, 0.1) is 13.8 Å². The second kappa shape index (κ2) is 13.1. The van der Waals surface area contributed by atoms with E-state index in [0.717, 1.165) is 27.4 Å². The van der Waals surface area contributed by atoms with Gasteiger partial charge in [0.05, 0.1) is 10.6 Å². The Labute approximate surface area is 236 Å². The Balaban J connectivity index is 2.04. The summed E-state index contributed by atoms with van der Waals surface area (Å²) in [5, 5.41) is 3.33. The summed E-state index contributed by atoms with van der Waals surface area (Å²) in [6.45, 7) is 9.00. The van der Waals surface area contributed by atoms with Crippen molar-refractivity contribution in [3.05, 3.63) is 94.5 Å². The molecule has 1 N–H and O–H groups in total. The van der Waals surface area contributed by atoms with E-state index in [0.29, 0.717) is 10.7 Å². The van der Waals surface area contributed by atoms with Crippen LogP contribution >= 0.6 is 11.6 Å². The number of carbonyl (C=O) groups excluding carboxylic acids is 2. The quantitative estimate of drug-likeness (QED) is 0.331. The Morgan fingerprint density at radius 2 is 1.56 bits per heavy atom. The van der Waals surface area contributed by atoms with Crippen LogP contribution in [0.1, 0.15) is 43.9 Å². The molecule has 0 spiro atoms. The lowest BCUT2D eigenvalue weighted by atomic mass is 10.1. The Morgan fingerprint density at radius 1 is 0.923 bits per heavy atom. The van der Waals surface area contributed by atoms with Crippen LogP contribution in [0.5, 0.6) is 0 Å². The molecule has 0 heterocycles. The third kappa shape index (κ3) is 7.61. The fourth-order valence-corrected chi connectivity index (χ4v) is 5.50. The monoisotopic (exact) mass is 569 g/mol. The lowest BCUT2D eigenvalue weighted by Gasteiger charge is -2.32. The third-order valence-corrected chi connectivity index (χ3v) is 8.86. The van der Waals surface area contributed by atoms with Gasteiger partial charge in [0.1, 0.15) is 12.6 Å². The maximum Gasteiger partial charge on any atom is 0.264 e. The number of hydrogen-bond acceptors (Lipinski definition) is 4. The molecule has 0 aliphatic rings. The van der Waals surface area contributed by atoms with E-state index in [2.05, 4.69) is 5.32 Å². The van der Waals surface area contributed by atoms with E-state index in [4.69, 9.17) is 11.6 Å². The molecule has 0 aliphatic carbocycles. The van der Waals surface area contributed by atoms with E-state index >= 15 is 0 Å². The molecular formula is C30H36ClN3O4S. The van der Waals surface area contributed by atoms with Gasteiger partial charge in [0.2, 0.25) is 11.8 Å². The molecule has 3 aromatic carbocycles. The molecule has 3 rings (SSSR count). The maximum atomic E-state index is 13.9. The van der Waals surface area contributed by atoms with E-state index < -0.39 is 28.5 Å². The van der Waals surface area contributed by atoms with E-state index in [1.165, 1.54) is 29.2 Å². The number of nitrogens with zero attached hydrogens (tertiary/aromatic N) is 2. The summed E-state index contributed by atoms with van der Waals surface area (Å²) in [4.78, 5) is 28.5. The van der Waals surface area contributed by atoms with Gasteiger partial charge in [-0.25, -0.2) is 8.42 Å². The molecule has 0 aromatic heterocycles. The van der Waals surface area contributed by atoms with E-state index in [-0.39, 0.29) is 23.4 Å². The van der Waals surface area contributed by atoms with Crippen LogP contribution < -0.4 is 9.62 Å². The lowest BCUT2D eigenvalue weighted by molar-refractivity contribution is -0.139. The van der Waals surface area contributed by atoms with Gasteiger partial charge < -0.3 is 10.2 Å². The normalized spacial score (nSPS) is 12.9. The highest BCUT2D eigenvalue weighted by Crippen LogP contribution is 2.27. The molecule has 9 heteroatoms. The van der Waals surface area contributed by atoms with Crippen LogP contribution in [0.4, 0.5) is 5.69 Å². The highest BCUT2D eigenvalue weighted by molar-refractivity contribution is 7.92. The largest absolute Gasteiger partial charge is 0.352 e. The second-order valence-corrected chi connectivity index (χ2v) is 12.0. The number of sulfonamides is 1. The number of rotatable bonds is 11. The fourth-order valence-electron chi connectivity index (χ4n) is 3.97. The SMILES string of the molecule is CCC(C)NC(=O)C(C)N(Cc1ccccc1)C(=O)CN(c1ccc(C)c(C)c1)S(=O)(=O)c1ccc(Cl)cc1. The molecular weight excluding hydrogens is 534 g/mol. The number of benzene rings is 3. The molecule has 0 saturated carbocycles. The molecule has 0 fully saturated rings. The molecule has 3 aromatic rings. The third-order valence-electron chi connectivity index (χ3n) is 6.82. The smallest absolute Gasteiger partial charge is 0.264 e. The average molecular weight is 570 g/mol. The van der Waals surface area contributed by atoms with Gasteiger partial charge in [-0.05, 0) is 87.2 Å². The maximum absolute atomic E-state index is 13.9. The second-order valence-electron chi connectivity index (χ2n) is 9.74. The number of anilines is 1. The van der Waals surface area contributed by atoms with E-state index in [1.54, 1.807) is 19.1 Å². The molecule has 0 bridgehead atoms. The van der Waals surface area contributed by atoms with Crippen molar-refractivity contribution in [2.45, 2.75) is 64.6 Å².